The number of amides is 1. The molecule has 200 valence electrons. The summed E-state index contributed by atoms with van der Waals surface area (Å²) < 4.78 is 59.4. The molecule has 0 saturated carbocycles. The number of aryl methyl sites for hydroxylation is 1. The van der Waals surface area contributed by atoms with E-state index in [1.54, 1.807) is 45.0 Å². The third kappa shape index (κ3) is 5.70. The lowest BCUT2D eigenvalue weighted by atomic mass is 10.1. The van der Waals surface area contributed by atoms with Crippen molar-refractivity contribution in [1.29, 1.82) is 0 Å². The van der Waals surface area contributed by atoms with Crippen molar-refractivity contribution in [3.8, 4) is 5.75 Å². The molecule has 0 saturated heterocycles. The summed E-state index contributed by atoms with van der Waals surface area (Å²) >= 11 is 0. The molecule has 1 N–H and O–H groups in total. The molecule has 4 rings (SSSR count). The van der Waals surface area contributed by atoms with Crippen LogP contribution in [0.4, 0.5) is 14.5 Å². The van der Waals surface area contributed by atoms with E-state index < -0.39 is 27.1 Å². The Kier molecular flexibility index (Phi) is 7.55. The average Bonchev–Trinajstić information content (AvgIpc) is 3.25. The zero-order valence-electron chi connectivity index (χ0n) is 21.6. The van der Waals surface area contributed by atoms with Crippen LogP contribution in [-0.4, -0.2) is 29.6 Å². The van der Waals surface area contributed by atoms with E-state index in [9.17, 15) is 22.0 Å². The minimum atomic E-state index is -3.30. The number of fused-ring (bicyclic) bond motifs is 1. The molecule has 1 aromatic heterocycles. The molecule has 0 unspecified atom stereocenters. The van der Waals surface area contributed by atoms with Crippen molar-refractivity contribution < 1.29 is 26.7 Å². The van der Waals surface area contributed by atoms with Gasteiger partial charge in [-0.1, -0.05) is 19.1 Å². The molecule has 0 atom stereocenters. The van der Waals surface area contributed by atoms with Crippen LogP contribution in [0.5, 0.6) is 5.75 Å². The van der Waals surface area contributed by atoms with Gasteiger partial charge in [0.1, 0.15) is 5.82 Å². The zero-order valence-corrected chi connectivity index (χ0v) is 22.4. The number of carbonyl (C=O) groups is 1. The molecule has 0 aliphatic rings. The topological polar surface area (TPSA) is 90.3 Å². The first-order valence-corrected chi connectivity index (χ1v) is 13.8. The van der Waals surface area contributed by atoms with Gasteiger partial charge in [0, 0.05) is 18.3 Å². The van der Waals surface area contributed by atoms with Crippen LogP contribution in [0.3, 0.4) is 0 Å². The molecule has 7 nitrogen and oxygen atoms in total. The number of sulfone groups is 1. The number of nitrogens with zero attached hydrogens (tertiary/aromatic N) is 2. The number of ether oxygens (including phenoxy) is 1. The molecule has 1 amide bonds. The third-order valence-corrected chi connectivity index (χ3v) is 7.92. The highest BCUT2D eigenvalue weighted by Gasteiger charge is 2.31. The Morgan fingerprint density at radius 1 is 1.03 bits per heavy atom. The lowest BCUT2D eigenvalue weighted by molar-refractivity contribution is -0.115. The van der Waals surface area contributed by atoms with Gasteiger partial charge in [-0.15, -0.1) is 0 Å². The van der Waals surface area contributed by atoms with Crippen molar-refractivity contribution in [2.75, 3.05) is 11.1 Å². The minimum Gasteiger partial charge on any atom is -0.477 e. The van der Waals surface area contributed by atoms with E-state index in [0.717, 1.165) is 17.6 Å². The molecule has 0 bridgehead atoms. The highest BCUT2D eigenvalue weighted by atomic mass is 32.2. The predicted molar refractivity (Wildman–Crippen MR) is 142 cm³/mol. The SMILES string of the molecule is CCn1c(C(C)(C)Oc2ccc(F)cc2F)nc2cc(NC(=O)Cc3ccc(S(=O)(=O)CC)cc3)ccc21. The molecule has 0 radical (unpaired) electrons. The Morgan fingerprint density at radius 2 is 1.74 bits per heavy atom. The molecule has 0 aliphatic carbocycles. The summed E-state index contributed by atoms with van der Waals surface area (Å²) in [6.45, 7) is 7.61. The van der Waals surface area contributed by atoms with Crippen molar-refractivity contribution in [1.82, 2.24) is 9.55 Å². The molecule has 0 fully saturated rings. The molecule has 10 heteroatoms. The van der Waals surface area contributed by atoms with Gasteiger partial charge in [-0.3, -0.25) is 4.79 Å². The number of anilines is 1. The van der Waals surface area contributed by atoms with Crippen LogP contribution in [0.2, 0.25) is 0 Å². The van der Waals surface area contributed by atoms with Gasteiger partial charge in [0.05, 0.1) is 28.1 Å². The largest absolute Gasteiger partial charge is 0.477 e. The Hall–Kier alpha value is -3.79. The second kappa shape index (κ2) is 10.5. The summed E-state index contributed by atoms with van der Waals surface area (Å²) in [6, 6.07) is 14.8. The van der Waals surface area contributed by atoms with E-state index in [4.69, 9.17) is 9.72 Å². The maximum absolute atomic E-state index is 14.2. The number of hydrogen-bond acceptors (Lipinski definition) is 5. The van der Waals surface area contributed by atoms with E-state index in [0.29, 0.717) is 29.1 Å². The fourth-order valence-corrected chi connectivity index (χ4v) is 5.12. The first kappa shape index (κ1) is 27.3. The molecule has 4 aromatic rings. The lowest BCUT2D eigenvalue weighted by Gasteiger charge is -2.26. The fourth-order valence-electron chi connectivity index (χ4n) is 4.24. The molecule has 38 heavy (non-hydrogen) atoms. The molecule has 3 aromatic carbocycles. The summed E-state index contributed by atoms with van der Waals surface area (Å²) in [7, 11) is -3.30. The number of hydrogen-bond donors (Lipinski definition) is 1. The summed E-state index contributed by atoms with van der Waals surface area (Å²) in [6.07, 6.45) is 0.0727. The monoisotopic (exact) mass is 541 g/mol. The van der Waals surface area contributed by atoms with Gasteiger partial charge in [-0.05, 0) is 68.8 Å². The quantitative estimate of drug-likeness (QED) is 0.297. The van der Waals surface area contributed by atoms with E-state index in [1.165, 1.54) is 18.2 Å². The van der Waals surface area contributed by atoms with Gasteiger partial charge in [0.25, 0.3) is 0 Å². The number of aromatic nitrogens is 2. The maximum Gasteiger partial charge on any atom is 0.228 e. The summed E-state index contributed by atoms with van der Waals surface area (Å²) in [5.41, 5.74) is 1.61. The fraction of sp³-hybridized carbons (Fsp3) is 0.286. The number of benzene rings is 3. The van der Waals surface area contributed by atoms with E-state index in [1.807, 2.05) is 17.6 Å². The number of nitrogens with one attached hydrogen (secondary N) is 1. The van der Waals surface area contributed by atoms with Crippen LogP contribution < -0.4 is 10.1 Å². The zero-order chi connectivity index (χ0) is 27.7. The highest BCUT2D eigenvalue weighted by Crippen LogP contribution is 2.32. The first-order valence-electron chi connectivity index (χ1n) is 12.2. The number of halogens is 2. The second-order valence-electron chi connectivity index (χ2n) is 9.34. The van der Waals surface area contributed by atoms with Gasteiger partial charge in [-0.25, -0.2) is 22.2 Å². The summed E-state index contributed by atoms with van der Waals surface area (Å²) in [5.74, 6) is -1.28. The lowest BCUT2D eigenvalue weighted by Crippen LogP contribution is -2.30. The van der Waals surface area contributed by atoms with Gasteiger partial charge >= 0.3 is 0 Å². The average molecular weight is 542 g/mol. The van der Waals surface area contributed by atoms with Crippen molar-refractivity contribution in [3.63, 3.8) is 0 Å². The molecule has 0 spiro atoms. The van der Waals surface area contributed by atoms with Crippen molar-refractivity contribution in [2.24, 2.45) is 0 Å². The number of imidazole rings is 1. The minimum absolute atomic E-state index is 0.0112. The Bertz CT molecular complexity index is 1600. The first-order chi connectivity index (χ1) is 17.9. The van der Waals surface area contributed by atoms with Gasteiger partial charge in [-0.2, -0.15) is 0 Å². The molecular weight excluding hydrogens is 512 g/mol. The summed E-state index contributed by atoms with van der Waals surface area (Å²) in [4.78, 5) is 17.6. The summed E-state index contributed by atoms with van der Waals surface area (Å²) in [5, 5.41) is 2.85. The Labute approximate surface area is 220 Å². The predicted octanol–water partition coefficient (Wildman–Crippen LogP) is 5.62. The normalized spacial score (nSPS) is 12.1. The van der Waals surface area contributed by atoms with Crippen LogP contribution in [0, 0.1) is 11.6 Å². The number of carbonyl (C=O) groups excluding carboxylic acids is 1. The van der Waals surface area contributed by atoms with Crippen molar-refractivity contribution in [2.45, 2.75) is 51.2 Å². The van der Waals surface area contributed by atoms with E-state index >= 15 is 0 Å². The van der Waals surface area contributed by atoms with E-state index in [-0.39, 0.29) is 28.7 Å². The van der Waals surface area contributed by atoms with Crippen LogP contribution in [-0.2, 0) is 33.2 Å². The van der Waals surface area contributed by atoms with E-state index in [2.05, 4.69) is 5.32 Å². The second-order valence-corrected chi connectivity index (χ2v) is 11.6. The van der Waals surface area contributed by atoms with Gasteiger partial charge < -0.3 is 14.6 Å². The van der Waals surface area contributed by atoms with Crippen LogP contribution in [0.25, 0.3) is 11.0 Å². The standard InChI is InChI=1S/C28H29F2N3O4S/c1-5-33-24-13-10-20(31-26(34)15-18-7-11-21(12-8-18)38(35,36)6-2)17-23(24)32-27(33)28(3,4)37-25-14-9-19(29)16-22(25)30/h7-14,16-17H,5-6,15H2,1-4H3,(H,31,34). The third-order valence-electron chi connectivity index (χ3n) is 6.17. The van der Waals surface area contributed by atoms with Crippen molar-refractivity contribution >= 4 is 32.5 Å². The molecule has 1 heterocycles. The smallest absolute Gasteiger partial charge is 0.228 e. The Morgan fingerprint density at radius 3 is 2.37 bits per heavy atom. The van der Waals surface area contributed by atoms with Crippen LogP contribution >= 0.6 is 0 Å². The molecule has 0 aliphatic heterocycles. The van der Waals surface area contributed by atoms with Crippen molar-refractivity contribution in [3.05, 3.63) is 83.7 Å². The van der Waals surface area contributed by atoms with Gasteiger partial charge in [0.2, 0.25) is 5.91 Å². The van der Waals surface area contributed by atoms with Gasteiger partial charge in [0.15, 0.2) is 32.8 Å². The van der Waals surface area contributed by atoms with Crippen LogP contribution in [0.15, 0.2) is 65.6 Å². The molecular formula is C28H29F2N3O4S. The number of rotatable bonds is 9. The van der Waals surface area contributed by atoms with Crippen LogP contribution in [0.1, 0.15) is 39.1 Å². The maximum atomic E-state index is 14.2. The Balaban J connectivity index is 1.54. The highest BCUT2D eigenvalue weighted by molar-refractivity contribution is 7.91.